The summed E-state index contributed by atoms with van der Waals surface area (Å²) in [5.74, 6) is 1.26. The van der Waals surface area contributed by atoms with Gasteiger partial charge in [0, 0.05) is 48.0 Å². The van der Waals surface area contributed by atoms with Gasteiger partial charge >= 0.3 is 0 Å². The van der Waals surface area contributed by atoms with Crippen molar-refractivity contribution in [3.8, 4) is 0 Å². The van der Waals surface area contributed by atoms with Gasteiger partial charge in [0.25, 0.3) is 5.91 Å². The highest BCUT2D eigenvalue weighted by Crippen LogP contribution is 2.26. The Morgan fingerprint density at radius 1 is 1.25 bits per heavy atom. The van der Waals surface area contributed by atoms with Gasteiger partial charge in [-0.15, -0.1) is 0 Å². The fourth-order valence-corrected chi connectivity index (χ4v) is 3.89. The van der Waals surface area contributed by atoms with E-state index in [9.17, 15) is 4.79 Å². The van der Waals surface area contributed by atoms with Gasteiger partial charge in [-0.1, -0.05) is 17.7 Å². The average Bonchev–Trinajstić information content (AvgIpc) is 2.73. The number of rotatable bonds is 4. The molecule has 1 aromatic carbocycles. The van der Waals surface area contributed by atoms with Crippen LogP contribution in [0.2, 0.25) is 5.02 Å². The summed E-state index contributed by atoms with van der Waals surface area (Å²) in [6.07, 6.45) is 5.82. The summed E-state index contributed by atoms with van der Waals surface area (Å²) in [7, 11) is 0. The van der Waals surface area contributed by atoms with Gasteiger partial charge in [-0.25, -0.2) is 4.98 Å². The number of halogens is 1. The predicted molar refractivity (Wildman–Crippen MR) is 113 cm³/mol. The minimum Gasteiger partial charge on any atom is -0.354 e. The van der Waals surface area contributed by atoms with E-state index in [1.807, 2.05) is 37.5 Å². The Hall–Kier alpha value is -2.66. The van der Waals surface area contributed by atoms with Gasteiger partial charge < -0.3 is 10.2 Å². The standard InChI is InChI=1S/C22H23ClN4O/c1-15-12-18(6-7-19(15)23)22(28)26-13-16-4-3-11-27(14-16)21-20-17(8-10-25-21)5-2-9-24-20/h2,5-10,12,16H,3-4,11,13-14H2,1H3,(H,26,28)/t16-/m1/s1. The molecule has 0 unspecified atom stereocenters. The van der Waals surface area contributed by atoms with Gasteiger partial charge in [0.15, 0.2) is 5.82 Å². The SMILES string of the molecule is Cc1cc(C(=O)NC[C@H]2CCCN(c3nccc4cccnc34)C2)ccc1Cl. The lowest BCUT2D eigenvalue weighted by Gasteiger charge is -2.34. The number of hydrogen-bond donors (Lipinski definition) is 1. The summed E-state index contributed by atoms with van der Waals surface area (Å²) in [6.45, 7) is 4.38. The number of anilines is 1. The van der Waals surface area contributed by atoms with Crippen molar-refractivity contribution in [2.75, 3.05) is 24.5 Å². The molecule has 2 aromatic heterocycles. The molecule has 0 bridgehead atoms. The molecule has 144 valence electrons. The number of fused-ring (bicyclic) bond motifs is 1. The Kier molecular flexibility index (Phi) is 5.44. The average molecular weight is 395 g/mol. The highest BCUT2D eigenvalue weighted by Gasteiger charge is 2.23. The fourth-order valence-electron chi connectivity index (χ4n) is 3.77. The Morgan fingerprint density at radius 2 is 2.14 bits per heavy atom. The maximum absolute atomic E-state index is 12.5. The number of carbonyl (C=O) groups excluding carboxylic acids is 1. The summed E-state index contributed by atoms with van der Waals surface area (Å²) in [5.41, 5.74) is 2.49. The molecule has 3 heterocycles. The smallest absolute Gasteiger partial charge is 0.251 e. The van der Waals surface area contributed by atoms with Crippen molar-refractivity contribution in [1.29, 1.82) is 0 Å². The van der Waals surface area contributed by atoms with Crippen LogP contribution in [0.1, 0.15) is 28.8 Å². The Labute approximate surface area is 169 Å². The molecule has 1 aliphatic heterocycles. The molecule has 0 aliphatic carbocycles. The molecular formula is C22H23ClN4O. The normalized spacial score (nSPS) is 16.9. The van der Waals surface area contributed by atoms with Crippen LogP contribution >= 0.6 is 11.6 Å². The van der Waals surface area contributed by atoms with Crippen molar-refractivity contribution in [1.82, 2.24) is 15.3 Å². The highest BCUT2D eigenvalue weighted by atomic mass is 35.5. The lowest BCUT2D eigenvalue weighted by Crippen LogP contribution is -2.41. The van der Waals surface area contributed by atoms with E-state index in [2.05, 4.69) is 26.3 Å². The van der Waals surface area contributed by atoms with Gasteiger partial charge in [-0.3, -0.25) is 9.78 Å². The highest BCUT2D eigenvalue weighted by molar-refractivity contribution is 6.31. The van der Waals surface area contributed by atoms with Crippen LogP contribution in [0.4, 0.5) is 5.82 Å². The molecule has 0 spiro atoms. The summed E-state index contributed by atoms with van der Waals surface area (Å²) < 4.78 is 0. The first kappa shape index (κ1) is 18.7. The third kappa shape index (κ3) is 3.94. The lowest BCUT2D eigenvalue weighted by molar-refractivity contribution is 0.0945. The van der Waals surface area contributed by atoms with Gasteiger partial charge in [0.1, 0.15) is 5.52 Å². The Morgan fingerprint density at radius 3 is 3.00 bits per heavy atom. The van der Waals surface area contributed by atoms with E-state index < -0.39 is 0 Å². The van der Waals surface area contributed by atoms with Crippen molar-refractivity contribution < 1.29 is 4.79 Å². The Balaban J connectivity index is 1.42. The zero-order valence-electron chi connectivity index (χ0n) is 15.9. The second-order valence-corrected chi connectivity index (χ2v) is 7.75. The fraction of sp³-hybridized carbons (Fsp3) is 0.318. The number of carbonyl (C=O) groups is 1. The molecule has 3 aromatic rings. The summed E-state index contributed by atoms with van der Waals surface area (Å²) in [4.78, 5) is 23.9. The number of nitrogens with zero attached hydrogens (tertiary/aromatic N) is 3. The number of benzene rings is 1. The van der Waals surface area contributed by atoms with Gasteiger partial charge in [-0.2, -0.15) is 0 Å². The number of aryl methyl sites for hydroxylation is 1. The summed E-state index contributed by atoms with van der Waals surface area (Å²) in [6, 6.07) is 11.4. The first-order valence-electron chi connectivity index (χ1n) is 9.61. The number of hydrogen-bond acceptors (Lipinski definition) is 4. The second-order valence-electron chi connectivity index (χ2n) is 7.34. The molecule has 1 saturated heterocycles. The van der Waals surface area contributed by atoms with Gasteiger partial charge in [0.05, 0.1) is 0 Å². The molecule has 5 nitrogen and oxygen atoms in total. The van der Waals surface area contributed by atoms with E-state index in [0.717, 1.165) is 48.2 Å². The molecule has 6 heteroatoms. The number of pyridine rings is 2. The number of aromatic nitrogens is 2. The van der Waals surface area contributed by atoms with Crippen molar-refractivity contribution in [2.24, 2.45) is 5.92 Å². The Bertz CT molecular complexity index is 1000. The molecule has 0 saturated carbocycles. The molecule has 1 amide bonds. The minimum atomic E-state index is -0.0538. The van der Waals surface area contributed by atoms with Crippen LogP contribution in [0, 0.1) is 12.8 Å². The van der Waals surface area contributed by atoms with Crippen molar-refractivity contribution in [2.45, 2.75) is 19.8 Å². The molecule has 1 fully saturated rings. The van der Waals surface area contributed by atoms with Gasteiger partial charge in [-0.05, 0) is 61.6 Å². The van der Waals surface area contributed by atoms with Crippen LogP contribution in [0.25, 0.3) is 10.9 Å². The van der Waals surface area contributed by atoms with Crippen LogP contribution in [0.15, 0.2) is 48.8 Å². The number of amides is 1. The van der Waals surface area contributed by atoms with Gasteiger partial charge in [0.2, 0.25) is 0 Å². The molecule has 1 aliphatic rings. The third-order valence-electron chi connectivity index (χ3n) is 5.29. The largest absolute Gasteiger partial charge is 0.354 e. The van der Waals surface area contributed by atoms with E-state index in [1.165, 1.54) is 0 Å². The van der Waals surface area contributed by atoms with E-state index in [-0.39, 0.29) is 5.91 Å². The van der Waals surface area contributed by atoms with Crippen LogP contribution in [0.5, 0.6) is 0 Å². The number of nitrogens with one attached hydrogen (secondary N) is 1. The van der Waals surface area contributed by atoms with E-state index in [1.54, 1.807) is 12.1 Å². The maximum atomic E-state index is 12.5. The molecule has 0 radical (unpaired) electrons. The van der Waals surface area contributed by atoms with E-state index in [4.69, 9.17) is 11.6 Å². The van der Waals surface area contributed by atoms with Crippen LogP contribution < -0.4 is 10.2 Å². The quantitative estimate of drug-likeness (QED) is 0.719. The zero-order valence-corrected chi connectivity index (χ0v) is 16.6. The van der Waals surface area contributed by atoms with Crippen molar-refractivity contribution in [3.63, 3.8) is 0 Å². The summed E-state index contributed by atoms with van der Waals surface area (Å²) >= 11 is 6.05. The molecule has 1 atom stereocenters. The van der Waals surface area contributed by atoms with Crippen LogP contribution in [0.3, 0.4) is 0 Å². The molecular weight excluding hydrogens is 372 g/mol. The lowest BCUT2D eigenvalue weighted by atomic mass is 9.97. The third-order valence-corrected chi connectivity index (χ3v) is 5.72. The predicted octanol–water partition coefficient (Wildman–Crippen LogP) is 4.24. The van der Waals surface area contributed by atoms with E-state index in [0.29, 0.717) is 23.0 Å². The first-order chi connectivity index (χ1) is 13.6. The number of piperidine rings is 1. The minimum absolute atomic E-state index is 0.0538. The zero-order chi connectivity index (χ0) is 19.5. The van der Waals surface area contributed by atoms with Crippen LogP contribution in [-0.4, -0.2) is 35.5 Å². The monoisotopic (exact) mass is 394 g/mol. The maximum Gasteiger partial charge on any atom is 0.251 e. The molecule has 28 heavy (non-hydrogen) atoms. The van der Waals surface area contributed by atoms with Crippen LogP contribution in [-0.2, 0) is 0 Å². The topological polar surface area (TPSA) is 58.1 Å². The molecule has 1 N–H and O–H groups in total. The van der Waals surface area contributed by atoms with Crippen molar-refractivity contribution >= 4 is 34.2 Å². The van der Waals surface area contributed by atoms with E-state index >= 15 is 0 Å². The summed E-state index contributed by atoms with van der Waals surface area (Å²) in [5, 5.41) is 4.85. The second kappa shape index (κ2) is 8.15. The molecule has 4 rings (SSSR count). The first-order valence-corrected chi connectivity index (χ1v) is 9.98. The van der Waals surface area contributed by atoms with Crippen molar-refractivity contribution in [3.05, 3.63) is 64.9 Å².